The van der Waals surface area contributed by atoms with Crippen LogP contribution in [0.4, 0.5) is 0 Å². The SMILES string of the molecule is Cc1oc(C(=O)NN)cc1CN1C(=O)CC(C)C1=O. The van der Waals surface area contributed by atoms with E-state index in [4.69, 9.17) is 10.3 Å². The van der Waals surface area contributed by atoms with Gasteiger partial charge in [0.05, 0.1) is 6.54 Å². The van der Waals surface area contributed by atoms with Gasteiger partial charge in [0, 0.05) is 17.9 Å². The van der Waals surface area contributed by atoms with Gasteiger partial charge in [-0.3, -0.25) is 24.7 Å². The Bertz CT molecular complexity index is 549. The monoisotopic (exact) mass is 265 g/mol. The largest absolute Gasteiger partial charge is 0.456 e. The number of likely N-dealkylation sites (tertiary alicyclic amines) is 1. The Morgan fingerprint density at radius 2 is 2.26 bits per heavy atom. The number of hydrogen-bond donors (Lipinski definition) is 2. The quantitative estimate of drug-likeness (QED) is 0.348. The number of carbonyl (C=O) groups excluding carboxylic acids is 3. The van der Waals surface area contributed by atoms with Gasteiger partial charge in [0.25, 0.3) is 0 Å². The molecule has 1 aromatic rings. The maximum Gasteiger partial charge on any atom is 0.300 e. The summed E-state index contributed by atoms with van der Waals surface area (Å²) in [6, 6.07) is 1.49. The van der Waals surface area contributed by atoms with Crippen LogP contribution in [0.1, 0.15) is 35.2 Å². The number of rotatable bonds is 3. The first-order valence-electron chi connectivity index (χ1n) is 5.88. The maximum atomic E-state index is 11.8. The van der Waals surface area contributed by atoms with Crippen LogP contribution in [0.2, 0.25) is 0 Å². The summed E-state index contributed by atoms with van der Waals surface area (Å²) in [5.74, 6) is 4.31. The molecule has 0 aromatic carbocycles. The molecule has 0 bridgehead atoms. The fourth-order valence-electron chi connectivity index (χ4n) is 2.04. The molecule has 0 aliphatic carbocycles. The summed E-state index contributed by atoms with van der Waals surface area (Å²) in [7, 11) is 0. The van der Waals surface area contributed by atoms with Gasteiger partial charge >= 0.3 is 5.91 Å². The standard InChI is InChI=1S/C12H15N3O4/c1-6-3-10(16)15(12(6)18)5-8-4-9(11(17)14-13)19-7(8)2/h4,6H,3,5,13H2,1-2H3,(H,14,17). The normalized spacial score (nSPS) is 19.1. The van der Waals surface area contributed by atoms with E-state index in [2.05, 4.69) is 0 Å². The van der Waals surface area contributed by atoms with Crippen molar-refractivity contribution in [3.8, 4) is 0 Å². The fourth-order valence-corrected chi connectivity index (χ4v) is 2.04. The molecular weight excluding hydrogens is 250 g/mol. The molecule has 3 amide bonds. The second kappa shape index (κ2) is 4.85. The molecule has 7 heteroatoms. The van der Waals surface area contributed by atoms with Crippen molar-refractivity contribution in [2.75, 3.05) is 0 Å². The van der Waals surface area contributed by atoms with Crippen molar-refractivity contribution >= 4 is 17.7 Å². The summed E-state index contributed by atoms with van der Waals surface area (Å²) in [6.45, 7) is 3.50. The summed E-state index contributed by atoms with van der Waals surface area (Å²) in [6.07, 6.45) is 0.228. The smallest absolute Gasteiger partial charge is 0.300 e. The summed E-state index contributed by atoms with van der Waals surface area (Å²) in [5.41, 5.74) is 2.58. The first kappa shape index (κ1) is 13.3. The van der Waals surface area contributed by atoms with Gasteiger partial charge in [-0.15, -0.1) is 0 Å². The van der Waals surface area contributed by atoms with E-state index in [1.165, 1.54) is 11.0 Å². The molecule has 1 unspecified atom stereocenters. The molecule has 3 N–H and O–H groups in total. The highest BCUT2D eigenvalue weighted by atomic mass is 16.4. The molecule has 2 rings (SSSR count). The fraction of sp³-hybridized carbons (Fsp3) is 0.417. The highest BCUT2D eigenvalue weighted by Crippen LogP contribution is 2.23. The van der Waals surface area contributed by atoms with Gasteiger partial charge in [-0.05, 0) is 13.0 Å². The number of hydrogen-bond acceptors (Lipinski definition) is 5. The van der Waals surface area contributed by atoms with Gasteiger partial charge in [0.2, 0.25) is 11.8 Å². The molecule has 1 saturated heterocycles. The average molecular weight is 265 g/mol. The lowest BCUT2D eigenvalue weighted by Crippen LogP contribution is -2.30. The van der Waals surface area contributed by atoms with Crippen molar-refractivity contribution in [1.82, 2.24) is 10.3 Å². The lowest BCUT2D eigenvalue weighted by Gasteiger charge is -2.13. The maximum absolute atomic E-state index is 11.8. The molecule has 1 aliphatic rings. The molecular formula is C12H15N3O4. The minimum absolute atomic E-state index is 0.0575. The third-order valence-electron chi connectivity index (χ3n) is 3.17. The summed E-state index contributed by atoms with van der Waals surface area (Å²) in [4.78, 5) is 36.0. The number of nitrogens with one attached hydrogen (secondary N) is 1. The predicted molar refractivity (Wildman–Crippen MR) is 64.4 cm³/mol. The Kier molecular flexibility index (Phi) is 3.39. The zero-order chi connectivity index (χ0) is 14.2. The molecule has 0 saturated carbocycles. The Balaban J connectivity index is 2.20. The first-order chi connectivity index (χ1) is 8.93. The van der Waals surface area contributed by atoms with Crippen molar-refractivity contribution in [2.45, 2.75) is 26.8 Å². The molecule has 1 atom stereocenters. The number of hydrazine groups is 1. The average Bonchev–Trinajstić information content (AvgIpc) is 2.85. The van der Waals surface area contributed by atoms with E-state index in [1.807, 2.05) is 5.43 Å². The molecule has 1 aliphatic heterocycles. The van der Waals surface area contributed by atoms with Gasteiger partial charge in [0.15, 0.2) is 5.76 Å². The molecule has 7 nitrogen and oxygen atoms in total. The van der Waals surface area contributed by atoms with E-state index >= 15 is 0 Å². The van der Waals surface area contributed by atoms with Crippen molar-refractivity contribution in [1.29, 1.82) is 0 Å². The summed E-state index contributed by atoms with van der Waals surface area (Å²) >= 11 is 0. The number of nitrogens with zero attached hydrogens (tertiary/aromatic N) is 1. The van der Waals surface area contributed by atoms with Gasteiger partial charge in [-0.2, -0.15) is 0 Å². The van der Waals surface area contributed by atoms with Crippen LogP contribution in [-0.4, -0.2) is 22.6 Å². The third-order valence-corrected chi connectivity index (χ3v) is 3.17. The first-order valence-corrected chi connectivity index (χ1v) is 5.88. The summed E-state index contributed by atoms with van der Waals surface area (Å²) < 4.78 is 5.23. The van der Waals surface area contributed by atoms with E-state index in [0.717, 1.165) is 0 Å². The van der Waals surface area contributed by atoms with Crippen molar-refractivity contribution in [3.05, 3.63) is 23.2 Å². The van der Waals surface area contributed by atoms with Crippen LogP contribution in [-0.2, 0) is 16.1 Å². The summed E-state index contributed by atoms with van der Waals surface area (Å²) in [5, 5.41) is 0. The third kappa shape index (κ3) is 2.37. The molecule has 1 aromatic heterocycles. The van der Waals surface area contributed by atoms with E-state index in [0.29, 0.717) is 11.3 Å². The van der Waals surface area contributed by atoms with E-state index in [1.54, 1.807) is 13.8 Å². The minimum atomic E-state index is -0.554. The molecule has 19 heavy (non-hydrogen) atoms. The molecule has 1 fully saturated rings. The van der Waals surface area contributed by atoms with Crippen LogP contribution < -0.4 is 11.3 Å². The van der Waals surface area contributed by atoms with Crippen LogP contribution in [0.25, 0.3) is 0 Å². The highest BCUT2D eigenvalue weighted by Gasteiger charge is 2.36. The zero-order valence-corrected chi connectivity index (χ0v) is 10.7. The number of imide groups is 1. The second-order valence-corrected chi connectivity index (χ2v) is 4.59. The molecule has 0 spiro atoms. The molecule has 102 valence electrons. The van der Waals surface area contributed by atoms with Crippen LogP contribution in [0, 0.1) is 12.8 Å². The van der Waals surface area contributed by atoms with E-state index < -0.39 is 5.91 Å². The number of aryl methyl sites for hydroxylation is 1. The lowest BCUT2D eigenvalue weighted by molar-refractivity contribution is -0.139. The number of nitrogen functional groups attached to an aromatic ring is 1. The van der Waals surface area contributed by atoms with E-state index in [9.17, 15) is 14.4 Å². The Morgan fingerprint density at radius 3 is 2.79 bits per heavy atom. The van der Waals surface area contributed by atoms with Gasteiger partial charge < -0.3 is 4.42 Å². The number of nitrogens with two attached hydrogens (primary N) is 1. The van der Waals surface area contributed by atoms with Crippen LogP contribution in [0.3, 0.4) is 0 Å². The second-order valence-electron chi connectivity index (χ2n) is 4.59. The number of amides is 3. The van der Waals surface area contributed by atoms with Gasteiger partial charge in [0.1, 0.15) is 5.76 Å². The molecule has 2 heterocycles. The zero-order valence-electron chi connectivity index (χ0n) is 10.7. The topological polar surface area (TPSA) is 106 Å². The minimum Gasteiger partial charge on any atom is -0.456 e. The Hall–Kier alpha value is -2.15. The van der Waals surface area contributed by atoms with Crippen molar-refractivity contribution in [3.63, 3.8) is 0 Å². The van der Waals surface area contributed by atoms with E-state index in [-0.39, 0.29) is 36.5 Å². The Labute approximate surface area is 109 Å². The van der Waals surface area contributed by atoms with Crippen LogP contribution in [0.5, 0.6) is 0 Å². The van der Waals surface area contributed by atoms with Crippen molar-refractivity contribution < 1.29 is 18.8 Å². The van der Waals surface area contributed by atoms with Crippen LogP contribution >= 0.6 is 0 Å². The highest BCUT2D eigenvalue weighted by molar-refractivity contribution is 6.03. The molecule has 0 radical (unpaired) electrons. The van der Waals surface area contributed by atoms with Crippen molar-refractivity contribution in [2.24, 2.45) is 11.8 Å². The van der Waals surface area contributed by atoms with Gasteiger partial charge in [-0.1, -0.05) is 6.92 Å². The van der Waals surface area contributed by atoms with Gasteiger partial charge in [-0.25, -0.2) is 5.84 Å². The predicted octanol–water partition coefficient (Wildman–Crippen LogP) is 0.0865. The number of carbonyl (C=O) groups is 3. The Morgan fingerprint density at radius 1 is 1.58 bits per heavy atom. The lowest BCUT2D eigenvalue weighted by atomic mass is 10.1. The van der Waals surface area contributed by atoms with Crippen LogP contribution in [0.15, 0.2) is 10.5 Å². The number of furan rings is 1.